The smallest absolute Gasteiger partial charge is 0.180 e. The van der Waals surface area contributed by atoms with Gasteiger partial charge in [0.05, 0.1) is 25.8 Å². The standard InChI is InChI=1S/C15H22FNO3/c1-3-4-7-17(8-9-18)11-14(19)13-10-12(16)5-6-15(13)20-2/h5-6,10,18H,3-4,7-9,11H2,1-2H3. The molecule has 0 saturated carbocycles. The number of halogens is 1. The maximum atomic E-state index is 13.3. The molecule has 0 atom stereocenters. The first-order chi connectivity index (χ1) is 9.62. The van der Waals surface area contributed by atoms with E-state index in [-0.39, 0.29) is 24.5 Å². The Morgan fingerprint density at radius 1 is 1.40 bits per heavy atom. The quantitative estimate of drug-likeness (QED) is 0.705. The number of ketones is 1. The Morgan fingerprint density at radius 2 is 2.15 bits per heavy atom. The Hall–Kier alpha value is -1.46. The van der Waals surface area contributed by atoms with E-state index in [1.807, 2.05) is 4.90 Å². The minimum absolute atomic E-state index is 0.00270. The number of methoxy groups -OCH3 is 1. The van der Waals surface area contributed by atoms with E-state index in [0.29, 0.717) is 12.3 Å². The van der Waals surface area contributed by atoms with Crippen LogP contribution in [0.2, 0.25) is 0 Å². The second-order valence-corrected chi connectivity index (χ2v) is 4.62. The van der Waals surface area contributed by atoms with Gasteiger partial charge in [0.2, 0.25) is 0 Å². The van der Waals surface area contributed by atoms with Crippen LogP contribution in [0.25, 0.3) is 0 Å². The first-order valence-corrected chi connectivity index (χ1v) is 6.82. The highest BCUT2D eigenvalue weighted by Gasteiger charge is 2.16. The fourth-order valence-electron chi connectivity index (χ4n) is 1.98. The molecule has 4 nitrogen and oxygen atoms in total. The van der Waals surface area contributed by atoms with Crippen LogP contribution in [0.1, 0.15) is 30.1 Å². The molecule has 0 aliphatic rings. The molecule has 0 fully saturated rings. The van der Waals surface area contributed by atoms with Crippen molar-refractivity contribution in [1.82, 2.24) is 4.90 Å². The molecule has 1 aromatic carbocycles. The zero-order valence-electron chi connectivity index (χ0n) is 12.1. The van der Waals surface area contributed by atoms with Gasteiger partial charge in [0.25, 0.3) is 0 Å². The third kappa shape index (κ3) is 4.90. The number of nitrogens with zero attached hydrogens (tertiary/aromatic N) is 1. The second kappa shape index (κ2) is 8.66. The lowest BCUT2D eigenvalue weighted by Crippen LogP contribution is -2.33. The van der Waals surface area contributed by atoms with Crippen LogP contribution in [0, 0.1) is 5.82 Å². The maximum absolute atomic E-state index is 13.3. The molecular weight excluding hydrogens is 261 g/mol. The minimum Gasteiger partial charge on any atom is -0.496 e. The molecule has 0 amide bonds. The molecule has 1 aromatic rings. The number of carbonyl (C=O) groups excluding carboxylic acids is 1. The Bertz CT molecular complexity index is 437. The number of ether oxygens (including phenoxy) is 1. The largest absolute Gasteiger partial charge is 0.496 e. The summed E-state index contributed by atoms with van der Waals surface area (Å²) in [4.78, 5) is 14.1. The Balaban J connectivity index is 2.79. The summed E-state index contributed by atoms with van der Waals surface area (Å²) in [6.45, 7) is 3.38. The molecule has 0 aliphatic carbocycles. The van der Waals surface area contributed by atoms with Crippen LogP contribution < -0.4 is 4.74 Å². The SMILES string of the molecule is CCCCN(CCO)CC(=O)c1cc(F)ccc1OC. The van der Waals surface area contributed by atoms with Gasteiger partial charge < -0.3 is 9.84 Å². The monoisotopic (exact) mass is 283 g/mol. The predicted molar refractivity (Wildman–Crippen MR) is 75.7 cm³/mol. The van der Waals surface area contributed by atoms with Gasteiger partial charge in [0.1, 0.15) is 11.6 Å². The van der Waals surface area contributed by atoms with Gasteiger partial charge in [-0.3, -0.25) is 9.69 Å². The number of carbonyl (C=O) groups is 1. The second-order valence-electron chi connectivity index (χ2n) is 4.62. The van der Waals surface area contributed by atoms with Crippen molar-refractivity contribution < 1.29 is 19.0 Å². The van der Waals surface area contributed by atoms with Crippen molar-refractivity contribution in [3.8, 4) is 5.75 Å². The summed E-state index contributed by atoms with van der Waals surface area (Å²) in [6.07, 6.45) is 1.97. The number of hydrogen-bond acceptors (Lipinski definition) is 4. The van der Waals surface area contributed by atoms with Crippen LogP contribution >= 0.6 is 0 Å². The first kappa shape index (κ1) is 16.6. The van der Waals surface area contributed by atoms with Crippen molar-refractivity contribution >= 4 is 5.78 Å². The summed E-state index contributed by atoms with van der Waals surface area (Å²) in [5, 5.41) is 9.03. The molecule has 0 unspecified atom stereocenters. The fourth-order valence-corrected chi connectivity index (χ4v) is 1.98. The average molecular weight is 283 g/mol. The molecule has 0 aromatic heterocycles. The van der Waals surface area contributed by atoms with E-state index in [0.717, 1.165) is 19.4 Å². The van der Waals surface area contributed by atoms with E-state index in [4.69, 9.17) is 9.84 Å². The van der Waals surface area contributed by atoms with E-state index in [9.17, 15) is 9.18 Å². The van der Waals surface area contributed by atoms with E-state index in [2.05, 4.69) is 6.92 Å². The summed E-state index contributed by atoms with van der Waals surface area (Å²) >= 11 is 0. The molecule has 0 radical (unpaired) electrons. The van der Waals surface area contributed by atoms with Gasteiger partial charge >= 0.3 is 0 Å². The van der Waals surface area contributed by atoms with Crippen molar-refractivity contribution in [3.05, 3.63) is 29.6 Å². The number of aliphatic hydroxyl groups is 1. The summed E-state index contributed by atoms with van der Waals surface area (Å²) in [5.41, 5.74) is 0.243. The van der Waals surface area contributed by atoms with Gasteiger partial charge in [0.15, 0.2) is 5.78 Å². The van der Waals surface area contributed by atoms with Crippen molar-refractivity contribution in [3.63, 3.8) is 0 Å². The third-order valence-electron chi connectivity index (χ3n) is 3.07. The Kier molecular flexibility index (Phi) is 7.18. The number of benzene rings is 1. The van der Waals surface area contributed by atoms with Gasteiger partial charge in [-0.1, -0.05) is 13.3 Å². The fraction of sp³-hybridized carbons (Fsp3) is 0.533. The Morgan fingerprint density at radius 3 is 2.75 bits per heavy atom. The van der Waals surface area contributed by atoms with Gasteiger partial charge in [-0.05, 0) is 31.2 Å². The van der Waals surface area contributed by atoms with E-state index in [1.165, 1.54) is 25.3 Å². The summed E-state index contributed by atoms with van der Waals surface area (Å²) in [5.74, 6) is -0.293. The number of aliphatic hydroxyl groups excluding tert-OH is 1. The van der Waals surface area contributed by atoms with Gasteiger partial charge in [-0.15, -0.1) is 0 Å². The summed E-state index contributed by atoms with van der Waals surface area (Å²) in [7, 11) is 1.45. The van der Waals surface area contributed by atoms with E-state index < -0.39 is 5.82 Å². The first-order valence-electron chi connectivity index (χ1n) is 6.82. The molecule has 20 heavy (non-hydrogen) atoms. The van der Waals surface area contributed by atoms with E-state index in [1.54, 1.807) is 0 Å². The van der Waals surface area contributed by atoms with Gasteiger partial charge in [-0.2, -0.15) is 0 Å². The lowest BCUT2D eigenvalue weighted by molar-refractivity contribution is 0.0910. The van der Waals surface area contributed by atoms with Crippen LogP contribution in [0.4, 0.5) is 4.39 Å². The molecule has 0 aliphatic heterocycles. The Labute approximate surface area is 119 Å². The van der Waals surface area contributed by atoms with Crippen LogP contribution in [0.5, 0.6) is 5.75 Å². The van der Waals surface area contributed by atoms with Gasteiger partial charge in [0, 0.05) is 6.54 Å². The molecule has 5 heteroatoms. The molecule has 0 heterocycles. The molecule has 0 bridgehead atoms. The highest BCUT2D eigenvalue weighted by Crippen LogP contribution is 2.20. The lowest BCUT2D eigenvalue weighted by atomic mass is 10.1. The van der Waals surface area contributed by atoms with E-state index >= 15 is 0 Å². The average Bonchev–Trinajstić information content (AvgIpc) is 2.44. The van der Waals surface area contributed by atoms with Crippen molar-refractivity contribution in [2.45, 2.75) is 19.8 Å². The van der Waals surface area contributed by atoms with Crippen LogP contribution in [-0.2, 0) is 0 Å². The number of hydrogen-bond donors (Lipinski definition) is 1. The molecule has 1 N–H and O–H groups in total. The topological polar surface area (TPSA) is 49.8 Å². The molecule has 112 valence electrons. The highest BCUT2D eigenvalue weighted by molar-refractivity contribution is 6.00. The minimum atomic E-state index is -0.462. The summed E-state index contributed by atoms with van der Waals surface area (Å²) in [6, 6.07) is 3.90. The van der Waals surface area contributed by atoms with Gasteiger partial charge in [-0.25, -0.2) is 4.39 Å². The number of rotatable bonds is 9. The summed E-state index contributed by atoms with van der Waals surface area (Å²) < 4.78 is 18.4. The van der Waals surface area contributed by atoms with Crippen LogP contribution in [0.3, 0.4) is 0 Å². The zero-order valence-corrected chi connectivity index (χ0v) is 12.1. The lowest BCUT2D eigenvalue weighted by Gasteiger charge is -2.20. The maximum Gasteiger partial charge on any atom is 0.180 e. The van der Waals surface area contributed by atoms with Crippen molar-refractivity contribution in [2.24, 2.45) is 0 Å². The predicted octanol–water partition coefficient (Wildman–Crippen LogP) is 2.11. The highest BCUT2D eigenvalue weighted by atomic mass is 19.1. The zero-order chi connectivity index (χ0) is 15.0. The van der Waals surface area contributed by atoms with Crippen LogP contribution in [-0.4, -0.2) is 49.1 Å². The molecule has 1 rings (SSSR count). The molecule has 0 saturated heterocycles. The number of Topliss-reactive ketones (excluding diaryl/α,β-unsaturated/α-hetero) is 1. The third-order valence-corrected chi connectivity index (χ3v) is 3.07. The normalized spacial score (nSPS) is 10.8. The van der Waals surface area contributed by atoms with Crippen molar-refractivity contribution in [2.75, 3.05) is 33.4 Å². The van der Waals surface area contributed by atoms with Crippen LogP contribution in [0.15, 0.2) is 18.2 Å². The van der Waals surface area contributed by atoms with Crippen molar-refractivity contribution in [1.29, 1.82) is 0 Å². The molecule has 0 spiro atoms. The molecular formula is C15H22FNO3. The number of unbranched alkanes of at least 4 members (excludes halogenated alkanes) is 1.